The standard InChI is InChI=1S/C18H23N5O3/c1-11-10-19-7-8-22(11)12-3-4-13-15(9-12)21(2)18(26)23(13)14-5-6-16(24)20-17(14)25/h3-4,9,11,14,19H,5-8,10H2,1-2H3,(H,20,24,25)/t11-,14?/m0/s1. The number of anilines is 1. The molecule has 8 nitrogen and oxygen atoms in total. The van der Waals surface area contributed by atoms with Gasteiger partial charge in [0.05, 0.1) is 11.0 Å². The quantitative estimate of drug-likeness (QED) is 0.745. The molecule has 0 bridgehead atoms. The maximum Gasteiger partial charge on any atom is 0.329 e. The summed E-state index contributed by atoms with van der Waals surface area (Å²) in [7, 11) is 1.72. The zero-order valence-corrected chi connectivity index (χ0v) is 15.0. The van der Waals surface area contributed by atoms with Crippen LogP contribution in [-0.4, -0.2) is 46.6 Å². The molecule has 2 N–H and O–H groups in total. The molecule has 2 amide bonds. The summed E-state index contributed by atoms with van der Waals surface area (Å²) >= 11 is 0. The number of imidazole rings is 1. The largest absolute Gasteiger partial charge is 0.366 e. The van der Waals surface area contributed by atoms with Gasteiger partial charge in [-0.15, -0.1) is 0 Å². The van der Waals surface area contributed by atoms with Crippen molar-refractivity contribution < 1.29 is 9.59 Å². The van der Waals surface area contributed by atoms with Crippen LogP contribution in [0.5, 0.6) is 0 Å². The molecule has 0 radical (unpaired) electrons. The average molecular weight is 357 g/mol. The number of benzene rings is 1. The van der Waals surface area contributed by atoms with E-state index in [0.717, 1.165) is 36.4 Å². The first kappa shape index (κ1) is 16.8. The molecule has 2 saturated heterocycles. The third kappa shape index (κ3) is 2.61. The van der Waals surface area contributed by atoms with Crippen molar-refractivity contribution in [1.82, 2.24) is 19.8 Å². The highest BCUT2D eigenvalue weighted by Crippen LogP contribution is 2.27. The molecular weight excluding hydrogens is 334 g/mol. The van der Waals surface area contributed by atoms with Gasteiger partial charge in [0.15, 0.2) is 0 Å². The van der Waals surface area contributed by atoms with Gasteiger partial charge < -0.3 is 10.2 Å². The number of fused-ring (bicyclic) bond motifs is 1. The lowest BCUT2D eigenvalue weighted by Gasteiger charge is -2.36. The van der Waals surface area contributed by atoms with E-state index in [2.05, 4.69) is 22.5 Å². The Kier molecular flexibility index (Phi) is 4.07. The number of hydrogen-bond donors (Lipinski definition) is 2. The number of carbonyl (C=O) groups excluding carboxylic acids is 2. The fraction of sp³-hybridized carbons (Fsp3) is 0.500. The van der Waals surface area contributed by atoms with Crippen molar-refractivity contribution in [2.45, 2.75) is 31.8 Å². The minimum Gasteiger partial charge on any atom is -0.366 e. The van der Waals surface area contributed by atoms with Crippen molar-refractivity contribution >= 4 is 28.5 Å². The number of nitrogens with zero attached hydrogens (tertiary/aromatic N) is 3. The molecule has 0 spiro atoms. The molecule has 2 atom stereocenters. The summed E-state index contributed by atoms with van der Waals surface area (Å²) in [5, 5.41) is 5.71. The van der Waals surface area contributed by atoms with E-state index in [1.807, 2.05) is 18.2 Å². The number of nitrogens with one attached hydrogen (secondary N) is 2. The monoisotopic (exact) mass is 357 g/mol. The fourth-order valence-corrected chi connectivity index (χ4v) is 3.98. The second-order valence-corrected chi connectivity index (χ2v) is 7.10. The first-order valence-electron chi connectivity index (χ1n) is 8.99. The van der Waals surface area contributed by atoms with E-state index >= 15 is 0 Å². The normalized spacial score (nSPS) is 24.2. The number of amides is 2. The van der Waals surface area contributed by atoms with E-state index in [9.17, 15) is 14.4 Å². The maximum atomic E-state index is 12.8. The Morgan fingerprint density at radius 1 is 1.15 bits per heavy atom. The predicted octanol–water partition coefficient (Wildman–Crippen LogP) is 0.116. The third-order valence-corrected chi connectivity index (χ3v) is 5.43. The summed E-state index contributed by atoms with van der Waals surface area (Å²) in [6, 6.07) is 5.65. The van der Waals surface area contributed by atoms with Gasteiger partial charge in [0.2, 0.25) is 11.8 Å². The van der Waals surface area contributed by atoms with Crippen LogP contribution in [0.1, 0.15) is 25.8 Å². The van der Waals surface area contributed by atoms with Crippen molar-refractivity contribution in [2.75, 3.05) is 24.5 Å². The molecule has 8 heteroatoms. The van der Waals surface area contributed by atoms with Crippen LogP contribution in [0.2, 0.25) is 0 Å². The van der Waals surface area contributed by atoms with Crippen molar-refractivity contribution in [1.29, 1.82) is 0 Å². The molecular formula is C18H23N5O3. The Balaban J connectivity index is 1.79. The Morgan fingerprint density at radius 2 is 1.96 bits per heavy atom. The summed E-state index contributed by atoms with van der Waals surface area (Å²) in [6.07, 6.45) is 0.593. The molecule has 138 valence electrons. The molecule has 1 unspecified atom stereocenters. The van der Waals surface area contributed by atoms with E-state index in [1.54, 1.807) is 11.6 Å². The van der Waals surface area contributed by atoms with Gasteiger partial charge in [-0.1, -0.05) is 0 Å². The van der Waals surface area contributed by atoms with Gasteiger partial charge in [-0.25, -0.2) is 4.79 Å². The van der Waals surface area contributed by atoms with Gasteiger partial charge in [-0.05, 0) is 31.5 Å². The lowest BCUT2D eigenvalue weighted by molar-refractivity contribution is -0.135. The summed E-state index contributed by atoms with van der Waals surface area (Å²) in [5.74, 6) is -0.690. The van der Waals surface area contributed by atoms with Gasteiger partial charge in [-0.3, -0.25) is 24.0 Å². The van der Waals surface area contributed by atoms with E-state index in [-0.39, 0.29) is 18.0 Å². The Labute approximate surface area is 150 Å². The third-order valence-electron chi connectivity index (χ3n) is 5.43. The van der Waals surface area contributed by atoms with Crippen LogP contribution in [0.3, 0.4) is 0 Å². The second-order valence-electron chi connectivity index (χ2n) is 7.10. The van der Waals surface area contributed by atoms with Gasteiger partial charge in [-0.2, -0.15) is 0 Å². The summed E-state index contributed by atoms with van der Waals surface area (Å²) in [6.45, 7) is 4.94. The fourth-order valence-electron chi connectivity index (χ4n) is 3.98. The summed E-state index contributed by atoms with van der Waals surface area (Å²) in [4.78, 5) is 38.8. The van der Waals surface area contributed by atoms with Crippen LogP contribution in [-0.2, 0) is 16.6 Å². The molecule has 2 fully saturated rings. The zero-order chi connectivity index (χ0) is 18.4. The Bertz CT molecular complexity index is 944. The van der Waals surface area contributed by atoms with Crippen LogP contribution < -0.4 is 21.2 Å². The first-order valence-corrected chi connectivity index (χ1v) is 8.99. The zero-order valence-electron chi connectivity index (χ0n) is 15.0. The molecule has 1 aromatic carbocycles. The van der Waals surface area contributed by atoms with Gasteiger partial charge in [0, 0.05) is 44.8 Å². The highest BCUT2D eigenvalue weighted by Gasteiger charge is 2.31. The van der Waals surface area contributed by atoms with E-state index in [4.69, 9.17) is 0 Å². The van der Waals surface area contributed by atoms with Crippen LogP contribution in [0, 0.1) is 0 Å². The highest BCUT2D eigenvalue weighted by atomic mass is 16.2. The van der Waals surface area contributed by atoms with Crippen LogP contribution in [0.15, 0.2) is 23.0 Å². The number of piperidine rings is 1. The smallest absolute Gasteiger partial charge is 0.329 e. The second kappa shape index (κ2) is 6.28. The van der Waals surface area contributed by atoms with E-state index in [1.165, 1.54) is 4.57 Å². The number of piperazine rings is 1. The van der Waals surface area contributed by atoms with E-state index in [0.29, 0.717) is 12.5 Å². The minimum atomic E-state index is -0.645. The minimum absolute atomic E-state index is 0.236. The summed E-state index contributed by atoms with van der Waals surface area (Å²) < 4.78 is 3.09. The number of rotatable bonds is 2. The molecule has 2 aromatic rings. The predicted molar refractivity (Wildman–Crippen MR) is 98.3 cm³/mol. The average Bonchev–Trinajstić information content (AvgIpc) is 2.87. The lowest BCUT2D eigenvalue weighted by atomic mass is 10.1. The number of hydrogen-bond acceptors (Lipinski definition) is 5. The maximum absolute atomic E-state index is 12.8. The molecule has 1 aromatic heterocycles. The molecule has 2 aliphatic heterocycles. The van der Waals surface area contributed by atoms with Crippen LogP contribution in [0.25, 0.3) is 11.0 Å². The Hall–Kier alpha value is -2.61. The number of imide groups is 1. The van der Waals surface area contributed by atoms with Crippen molar-refractivity contribution in [2.24, 2.45) is 7.05 Å². The van der Waals surface area contributed by atoms with Gasteiger partial charge >= 0.3 is 5.69 Å². The highest BCUT2D eigenvalue weighted by molar-refractivity contribution is 6.00. The number of aryl methyl sites for hydroxylation is 1. The lowest BCUT2D eigenvalue weighted by Crippen LogP contribution is -2.49. The first-order chi connectivity index (χ1) is 12.5. The van der Waals surface area contributed by atoms with Crippen LogP contribution >= 0.6 is 0 Å². The molecule has 4 rings (SSSR count). The van der Waals surface area contributed by atoms with E-state index < -0.39 is 11.9 Å². The van der Waals surface area contributed by atoms with Crippen molar-refractivity contribution in [3.8, 4) is 0 Å². The number of aromatic nitrogens is 2. The molecule has 0 saturated carbocycles. The topological polar surface area (TPSA) is 88.4 Å². The SMILES string of the molecule is C[C@H]1CNCCN1c1ccc2c(c1)n(C)c(=O)n2C1CCC(=O)NC1=O. The van der Waals surface area contributed by atoms with Crippen LogP contribution in [0.4, 0.5) is 5.69 Å². The molecule has 26 heavy (non-hydrogen) atoms. The van der Waals surface area contributed by atoms with Crippen molar-refractivity contribution in [3.63, 3.8) is 0 Å². The van der Waals surface area contributed by atoms with Gasteiger partial charge in [0.1, 0.15) is 6.04 Å². The Morgan fingerprint density at radius 3 is 2.69 bits per heavy atom. The molecule has 3 heterocycles. The van der Waals surface area contributed by atoms with Crippen molar-refractivity contribution in [3.05, 3.63) is 28.7 Å². The number of carbonyl (C=O) groups is 2. The summed E-state index contributed by atoms with van der Waals surface area (Å²) in [5.41, 5.74) is 2.35. The van der Waals surface area contributed by atoms with Gasteiger partial charge in [0.25, 0.3) is 0 Å². The molecule has 2 aliphatic rings. The molecule has 0 aliphatic carbocycles.